The van der Waals surface area contributed by atoms with E-state index in [0.717, 1.165) is 44.8 Å². The first-order valence-electron chi connectivity index (χ1n) is 18.8. The van der Waals surface area contributed by atoms with Gasteiger partial charge in [-0.15, -0.1) is 0 Å². The van der Waals surface area contributed by atoms with E-state index in [-0.39, 0.29) is 0 Å². The lowest BCUT2D eigenvalue weighted by Gasteiger charge is -2.39. The molecular weight excluding hydrogens is 673 g/mol. The molecule has 0 bridgehead atoms. The standard InChI is InChI=1S/C50H30N4O/c1-2-14-31(15-3-1)52-43-23-11-6-18-35(43)37-30-47-38(29-46(37)52)36-19-7-12-24-44(36)53(47)32-26-27-41-48(28-32)55-49-51-42-22-10-13-25-45(42)54(49)50(41)39-20-8-4-16-33(39)34-17-5-9-21-40(34)50/h1-30H. The van der Waals surface area contributed by atoms with E-state index < -0.39 is 5.54 Å². The summed E-state index contributed by atoms with van der Waals surface area (Å²) in [5.41, 5.74) is 14.2. The van der Waals surface area contributed by atoms with Gasteiger partial charge in [0.05, 0.1) is 33.1 Å². The number of fused-ring (bicyclic) bond motifs is 17. The molecule has 0 radical (unpaired) electrons. The van der Waals surface area contributed by atoms with Crippen molar-refractivity contribution in [3.8, 4) is 34.3 Å². The van der Waals surface area contributed by atoms with Gasteiger partial charge >= 0.3 is 6.01 Å². The first-order valence-corrected chi connectivity index (χ1v) is 18.8. The third-order valence-electron chi connectivity index (χ3n) is 12.1. The van der Waals surface area contributed by atoms with Crippen LogP contribution in [0, 0.1) is 0 Å². The third kappa shape index (κ3) is 3.60. The summed E-state index contributed by atoms with van der Waals surface area (Å²) in [7, 11) is 0. The van der Waals surface area contributed by atoms with Crippen LogP contribution in [-0.2, 0) is 5.54 Å². The number of imidazole rings is 1. The van der Waals surface area contributed by atoms with Gasteiger partial charge in [0.1, 0.15) is 11.3 Å². The predicted molar refractivity (Wildman–Crippen MR) is 222 cm³/mol. The highest BCUT2D eigenvalue weighted by atomic mass is 16.5. The van der Waals surface area contributed by atoms with Gasteiger partial charge in [-0.05, 0) is 76.9 Å². The van der Waals surface area contributed by atoms with Crippen molar-refractivity contribution in [1.82, 2.24) is 18.7 Å². The van der Waals surface area contributed by atoms with E-state index in [1.165, 1.54) is 54.8 Å². The molecule has 13 rings (SSSR count). The smallest absolute Gasteiger partial charge is 0.304 e. The van der Waals surface area contributed by atoms with Crippen molar-refractivity contribution in [2.75, 3.05) is 0 Å². The van der Waals surface area contributed by atoms with Crippen LogP contribution >= 0.6 is 0 Å². The van der Waals surface area contributed by atoms with Crippen LogP contribution < -0.4 is 4.74 Å². The van der Waals surface area contributed by atoms with Gasteiger partial charge < -0.3 is 13.9 Å². The van der Waals surface area contributed by atoms with Crippen molar-refractivity contribution >= 4 is 54.6 Å². The Morgan fingerprint density at radius 1 is 0.400 bits per heavy atom. The van der Waals surface area contributed by atoms with E-state index in [1.807, 2.05) is 6.07 Å². The second kappa shape index (κ2) is 10.4. The molecule has 55 heavy (non-hydrogen) atoms. The summed E-state index contributed by atoms with van der Waals surface area (Å²) in [5.74, 6) is 0.805. The Bertz CT molecular complexity index is 3370. The van der Waals surface area contributed by atoms with E-state index in [9.17, 15) is 0 Å². The molecule has 0 fully saturated rings. The quantitative estimate of drug-likeness (QED) is 0.180. The number of para-hydroxylation sites is 5. The highest BCUT2D eigenvalue weighted by Crippen LogP contribution is 2.59. The molecule has 3 aromatic heterocycles. The van der Waals surface area contributed by atoms with E-state index in [2.05, 4.69) is 190 Å². The number of aromatic nitrogens is 4. The lowest BCUT2D eigenvalue weighted by atomic mass is 9.79. The Balaban J connectivity index is 1.11. The summed E-state index contributed by atoms with van der Waals surface area (Å²) in [6, 6.07) is 66.3. The minimum absolute atomic E-state index is 0.593. The summed E-state index contributed by atoms with van der Waals surface area (Å²) in [5, 5.41) is 4.86. The normalized spacial score (nSPS) is 13.7. The molecule has 0 N–H and O–H groups in total. The van der Waals surface area contributed by atoms with Crippen LogP contribution in [0.4, 0.5) is 0 Å². The largest absolute Gasteiger partial charge is 0.425 e. The SMILES string of the molecule is c1ccc(-n2c3ccccc3c3cc4c(cc32)c2ccccc2n4-c2ccc3c(c2)Oc2nc4ccccc4n2C32c3ccccc3-c3ccccc32)cc1. The number of hydrogen-bond acceptors (Lipinski definition) is 2. The fourth-order valence-corrected chi connectivity index (χ4v) is 9.96. The molecule has 2 aliphatic rings. The Labute approximate surface area is 315 Å². The van der Waals surface area contributed by atoms with Gasteiger partial charge in [-0.1, -0.05) is 121 Å². The molecule has 0 saturated heterocycles. The van der Waals surface area contributed by atoms with Crippen LogP contribution in [0.25, 0.3) is 77.1 Å². The molecule has 8 aromatic carbocycles. The van der Waals surface area contributed by atoms with Gasteiger partial charge in [0.2, 0.25) is 0 Å². The average Bonchev–Trinajstić information content (AvgIpc) is 3.96. The molecule has 0 saturated carbocycles. The minimum Gasteiger partial charge on any atom is -0.425 e. The first kappa shape index (κ1) is 29.1. The summed E-state index contributed by atoms with van der Waals surface area (Å²) in [6.45, 7) is 0. The average molecular weight is 703 g/mol. The van der Waals surface area contributed by atoms with Crippen LogP contribution in [-0.4, -0.2) is 18.7 Å². The highest BCUT2D eigenvalue weighted by Gasteiger charge is 2.52. The van der Waals surface area contributed by atoms with Gasteiger partial charge in [0, 0.05) is 44.5 Å². The van der Waals surface area contributed by atoms with Crippen LogP contribution in [0.1, 0.15) is 16.7 Å². The maximum atomic E-state index is 6.96. The molecule has 4 heterocycles. The molecule has 256 valence electrons. The van der Waals surface area contributed by atoms with Gasteiger partial charge in [-0.3, -0.25) is 4.57 Å². The molecule has 1 aliphatic carbocycles. The van der Waals surface area contributed by atoms with Crippen LogP contribution in [0.15, 0.2) is 182 Å². The summed E-state index contributed by atoms with van der Waals surface area (Å²) in [4.78, 5) is 5.13. The minimum atomic E-state index is -0.670. The van der Waals surface area contributed by atoms with Gasteiger partial charge in [-0.25, -0.2) is 0 Å². The molecule has 5 nitrogen and oxygen atoms in total. The number of hydrogen-bond donors (Lipinski definition) is 0. The van der Waals surface area contributed by atoms with Gasteiger partial charge in [0.15, 0.2) is 0 Å². The van der Waals surface area contributed by atoms with E-state index in [0.29, 0.717) is 6.01 Å². The second-order valence-electron chi connectivity index (χ2n) is 14.7. The Hall–Kier alpha value is -7.37. The Morgan fingerprint density at radius 2 is 0.945 bits per heavy atom. The molecule has 0 amide bonds. The molecular formula is C50H30N4O. The Morgan fingerprint density at radius 3 is 1.62 bits per heavy atom. The molecule has 11 aromatic rings. The topological polar surface area (TPSA) is 36.9 Å². The molecule has 0 unspecified atom stereocenters. The second-order valence-corrected chi connectivity index (χ2v) is 14.7. The molecule has 5 heteroatoms. The van der Waals surface area contributed by atoms with Crippen LogP contribution in [0.3, 0.4) is 0 Å². The van der Waals surface area contributed by atoms with Crippen molar-refractivity contribution in [3.63, 3.8) is 0 Å². The Kier molecular flexibility index (Phi) is 5.51. The van der Waals surface area contributed by atoms with E-state index in [4.69, 9.17) is 9.72 Å². The maximum absolute atomic E-state index is 6.96. The van der Waals surface area contributed by atoms with Crippen molar-refractivity contribution in [3.05, 3.63) is 199 Å². The zero-order valence-electron chi connectivity index (χ0n) is 29.5. The summed E-state index contributed by atoms with van der Waals surface area (Å²) >= 11 is 0. The lowest BCUT2D eigenvalue weighted by molar-refractivity contribution is 0.340. The number of nitrogens with zero attached hydrogens (tertiary/aromatic N) is 4. The summed E-state index contributed by atoms with van der Waals surface area (Å²) in [6.07, 6.45) is 0. The molecule has 1 aliphatic heterocycles. The van der Waals surface area contributed by atoms with Gasteiger partial charge in [-0.2, -0.15) is 4.98 Å². The van der Waals surface area contributed by atoms with Crippen molar-refractivity contribution in [1.29, 1.82) is 0 Å². The zero-order chi connectivity index (χ0) is 35.8. The highest BCUT2D eigenvalue weighted by molar-refractivity contribution is 6.19. The third-order valence-corrected chi connectivity index (χ3v) is 12.1. The monoisotopic (exact) mass is 702 g/mol. The molecule has 0 atom stereocenters. The predicted octanol–water partition coefficient (Wildman–Crippen LogP) is 12.2. The van der Waals surface area contributed by atoms with Crippen LogP contribution in [0.2, 0.25) is 0 Å². The van der Waals surface area contributed by atoms with E-state index >= 15 is 0 Å². The van der Waals surface area contributed by atoms with Crippen molar-refractivity contribution in [2.45, 2.75) is 5.54 Å². The number of benzene rings is 8. The fraction of sp³-hybridized carbons (Fsp3) is 0.0200. The van der Waals surface area contributed by atoms with Crippen molar-refractivity contribution in [2.24, 2.45) is 0 Å². The first-order chi connectivity index (χ1) is 27.3. The number of rotatable bonds is 2. The fourth-order valence-electron chi connectivity index (χ4n) is 9.96. The van der Waals surface area contributed by atoms with Gasteiger partial charge in [0.25, 0.3) is 0 Å². The lowest BCUT2D eigenvalue weighted by Crippen LogP contribution is -2.38. The summed E-state index contributed by atoms with van der Waals surface area (Å²) < 4.78 is 14.1. The van der Waals surface area contributed by atoms with Crippen molar-refractivity contribution < 1.29 is 4.74 Å². The van der Waals surface area contributed by atoms with Crippen LogP contribution in [0.5, 0.6) is 11.8 Å². The maximum Gasteiger partial charge on any atom is 0.304 e. The molecule has 1 spiro atoms. The zero-order valence-corrected chi connectivity index (χ0v) is 29.5. The van der Waals surface area contributed by atoms with E-state index in [1.54, 1.807) is 0 Å². The number of ether oxygens (including phenoxy) is 1.